The summed E-state index contributed by atoms with van der Waals surface area (Å²) >= 11 is 0. The van der Waals surface area contributed by atoms with Crippen LogP contribution < -0.4 is 20.4 Å². The van der Waals surface area contributed by atoms with Crippen LogP contribution in [0.25, 0.3) is 0 Å². The third-order valence-electron chi connectivity index (χ3n) is 5.89. The number of benzene rings is 1. The smallest absolute Gasteiger partial charge is 0.229 e. The Morgan fingerprint density at radius 1 is 1.00 bits per heavy atom. The molecule has 0 unspecified atom stereocenters. The molecule has 156 valence electrons. The number of aromatic nitrogens is 2. The van der Waals surface area contributed by atoms with Crippen LogP contribution in [-0.2, 0) is 11.2 Å². The monoisotopic (exact) mass is 396 g/mol. The minimum atomic E-state index is 0.652. The van der Waals surface area contributed by atoms with Gasteiger partial charge < -0.3 is 25.2 Å². The van der Waals surface area contributed by atoms with Crippen LogP contribution >= 0.6 is 0 Å². The summed E-state index contributed by atoms with van der Waals surface area (Å²) in [6, 6.07) is 10.8. The maximum Gasteiger partial charge on any atom is 0.229 e. The second-order valence-corrected chi connectivity index (χ2v) is 8.20. The number of hydrogen-bond donors (Lipinski definition) is 1. The normalized spacial score (nSPS) is 18.1. The first-order valence-electron chi connectivity index (χ1n) is 10.6. The summed E-state index contributed by atoms with van der Waals surface area (Å²) in [6.45, 7) is 5.01. The molecule has 0 aliphatic carbocycles. The van der Waals surface area contributed by atoms with Crippen molar-refractivity contribution in [2.24, 2.45) is 5.92 Å². The van der Waals surface area contributed by atoms with Gasteiger partial charge in [0.05, 0.1) is 13.2 Å². The predicted octanol–water partition coefficient (Wildman–Crippen LogP) is 2.42. The summed E-state index contributed by atoms with van der Waals surface area (Å²) in [5.74, 6) is 3.15. The second kappa shape index (κ2) is 8.86. The molecule has 0 spiro atoms. The number of hydrogen-bond acceptors (Lipinski definition) is 7. The van der Waals surface area contributed by atoms with Crippen LogP contribution in [0, 0.1) is 5.92 Å². The van der Waals surface area contributed by atoms with Gasteiger partial charge in [-0.2, -0.15) is 9.97 Å². The lowest BCUT2D eigenvalue weighted by molar-refractivity contribution is 0.122. The number of piperidine rings is 1. The lowest BCUT2D eigenvalue weighted by Gasteiger charge is -2.34. The third kappa shape index (κ3) is 4.56. The van der Waals surface area contributed by atoms with Crippen LogP contribution in [0.3, 0.4) is 0 Å². The van der Waals surface area contributed by atoms with Gasteiger partial charge in [-0.1, -0.05) is 30.3 Å². The van der Waals surface area contributed by atoms with Crippen LogP contribution in [0.15, 0.2) is 30.3 Å². The van der Waals surface area contributed by atoms with E-state index in [1.807, 2.05) is 19.0 Å². The van der Waals surface area contributed by atoms with Gasteiger partial charge >= 0.3 is 0 Å². The van der Waals surface area contributed by atoms with E-state index >= 15 is 0 Å². The Morgan fingerprint density at radius 2 is 1.69 bits per heavy atom. The molecule has 2 aliphatic rings. The van der Waals surface area contributed by atoms with E-state index in [-0.39, 0.29) is 0 Å². The minimum absolute atomic E-state index is 0.652. The standard InChI is InChI=1S/C22H32N6O/c1-26(2)20-19(23)21(27-12-14-29-15-13-27)25-22(24-20)28-10-8-18(9-11-28)16-17-6-4-3-5-7-17/h3-7,18H,8-16,23H2,1-2H3. The number of rotatable bonds is 5. The van der Waals surface area contributed by atoms with Gasteiger partial charge in [0.15, 0.2) is 11.6 Å². The lowest BCUT2D eigenvalue weighted by Crippen LogP contribution is -2.39. The van der Waals surface area contributed by atoms with Gasteiger partial charge in [0, 0.05) is 40.3 Å². The maximum absolute atomic E-state index is 6.45. The highest BCUT2D eigenvalue weighted by atomic mass is 16.5. The quantitative estimate of drug-likeness (QED) is 0.832. The van der Waals surface area contributed by atoms with E-state index in [2.05, 4.69) is 40.1 Å². The molecule has 3 heterocycles. The lowest BCUT2D eigenvalue weighted by atomic mass is 9.90. The molecule has 0 bridgehead atoms. The molecule has 1 aromatic carbocycles. The molecular weight excluding hydrogens is 364 g/mol. The number of ether oxygens (including phenoxy) is 1. The Morgan fingerprint density at radius 3 is 2.34 bits per heavy atom. The fourth-order valence-electron chi connectivity index (χ4n) is 4.22. The average molecular weight is 397 g/mol. The molecule has 7 heteroatoms. The van der Waals surface area contributed by atoms with Crippen LogP contribution in [0.5, 0.6) is 0 Å². The Balaban J connectivity index is 1.50. The topological polar surface area (TPSA) is 70.8 Å². The predicted molar refractivity (Wildman–Crippen MR) is 119 cm³/mol. The number of nitrogens with zero attached hydrogens (tertiary/aromatic N) is 5. The van der Waals surface area contributed by atoms with E-state index in [0.717, 1.165) is 68.9 Å². The highest BCUT2D eigenvalue weighted by Gasteiger charge is 2.25. The molecule has 4 rings (SSSR count). The first-order chi connectivity index (χ1) is 14.1. The Hall–Kier alpha value is -2.54. The zero-order chi connectivity index (χ0) is 20.2. The summed E-state index contributed by atoms with van der Waals surface area (Å²) in [5.41, 5.74) is 8.54. The summed E-state index contributed by atoms with van der Waals surface area (Å²) in [5, 5.41) is 0. The van der Waals surface area contributed by atoms with E-state index in [0.29, 0.717) is 18.9 Å². The van der Waals surface area contributed by atoms with Crippen LogP contribution in [0.2, 0.25) is 0 Å². The Labute approximate surface area is 173 Å². The van der Waals surface area contributed by atoms with Gasteiger partial charge in [0.25, 0.3) is 0 Å². The molecule has 0 radical (unpaired) electrons. The van der Waals surface area contributed by atoms with Crippen molar-refractivity contribution in [3.05, 3.63) is 35.9 Å². The van der Waals surface area contributed by atoms with Crippen molar-refractivity contribution in [2.75, 3.05) is 73.9 Å². The number of anilines is 4. The molecule has 2 fully saturated rings. The van der Waals surface area contributed by atoms with Crippen molar-refractivity contribution in [1.29, 1.82) is 0 Å². The fraction of sp³-hybridized carbons (Fsp3) is 0.545. The molecule has 7 nitrogen and oxygen atoms in total. The maximum atomic E-state index is 6.45. The Bertz CT molecular complexity index is 798. The number of nitrogens with two attached hydrogens (primary N) is 1. The SMILES string of the molecule is CN(C)c1nc(N2CCC(Cc3ccccc3)CC2)nc(N2CCOCC2)c1N. The van der Waals surface area contributed by atoms with E-state index in [4.69, 9.17) is 20.4 Å². The van der Waals surface area contributed by atoms with Crippen molar-refractivity contribution in [3.63, 3.8) is 0 Å². The van der Waals surface area contributed by atoms with Gasteiger partial charge in [-0.15, -0.1) is 0 Å². The zero-order valence-electron chi connectivity index (χ0n) is 17.5. The molecule has 29 heavy (non-hydrogen) atoms. The van der Waals surface area contributed by atoms with Crippen LogP contribution in [0.4, 0.5) is 23.3 Å². The van der Waals surface area contributed by atoms with Crippen molar-refractivity contribution >= 4 is 23.3 Å². The third-order valence-corrected chi connectivity index (χ3v) is 5.89. The molecule has 2 saturated heterocycles. The average Bonchev–Trinajstić information content (AvgIpc) is 2.76. The van der Waals surface area contributed by atoms with Gasteiger partial charge in [-0.3, -0.25) is 0 Å². The summed E-state index contributed by atoms with van der Waals surface area (Å²) in [7, 11) is 3.97. The Kier molecular flexibility index (Phi) is 6.04. The summed E-state index contributed by atoms with van der Waals surface area (Å²) in [6.07, 6.45) is 3.47. The van der Waals surface area contributed by atoms with Crippen molar-refractivity contribution in [2.45, 2.75) is 19.3 Å². The van der Waals surface area contributed by atoms with E-state index < -0.39 is 0 Å². The molecular formula is C22H32N6O. The molecule has 2 aliphatic heterocycles. The number of nitrogen functional groups attached to an aromatic ring is 1. The van der Waals surface area contributed by atoms with Crippen LogP contribution in [-0.4, -0.2) is 63.5 Å². The zero-order valence-corrected chi connectivity index (χ0v) is 17.5. The summed E-state index contributed by atoms with van der Waals surface area (Å²) in [4.78, 5) is 16.2. The fourth-order valence-corrected chi connectivity index (χ4v) is 4.22. The molecule has 0 saturated carbocycles. The van der Waals surface area contributed by atoms with Crippen LogP contribution in [0.1, 0.15) is 18.4 Å². The van der Waals surface area contributed by atoms with Crippen molar-refractivity contribution in [1.82, 2.24) is 9.97 Å². The number of morpholine rings is 1. The van der Waals surface area contributed by atoms with E-state index in [1.165, 1.54) is 5.56 Å². The van der Waals surface area contributed by atoms with E-state index in [9.17, 15) is 0 Å². The molecule has 0 atom stereocenters. The van der Waals surface area contributed by atoms with Gasteiger partial charge in [0.2, 0.25) is 5.95 Å². The van der Waals surface area contributed by atoms with E-state index in [1.54, 1.807) is 0 Å². The molecule has 1 aromatic heterocycles. The summed E-state index contributed by atoms with van der Waals surface area (Å²) < 4.78 is 5.50. The molecule has 0 amide bonds. The molecule has 2 aromatic rings. The van der Waals surface area contributed by atoms with Gasteiger partial charge in [-0.05, 0) is 30.7 Å². The largest absolute Gasteiger partial charge is 0.393 e. The first kappa shape index (κ1) is 19.8. The van der Waals surface area contributed by atoms with Gasteiger partial charge in [0.1, 0.15) is 5.69 Å². The second-order valence-electron chi connectivity index (χ2n) is 8.20. The first-order valence-corrected chi connectivity index (χ1v) is 10.6. The highest BCUT2D eigenvalue weighted by molar-refractivity contribution is 5.77. The molecule has 2 N–H and O–H groups in total. The van der Waals surface area contributed by atoms with Crippen molar-refractivity contribution in [3.8, 4) is 0 Å². The van der Waals surface area contributed by atoms with Crippen molar-refractivity contribution < 1.29 is 4.74 Å². The van der Waals surface area contributed by atoms with Gasteiger partial charge in [-0.25, -0.2) is 0 Å². The highest BCUT2D eigenvalue weighted by Crippen LogP contribution is 2.33. The minimum Gasteiger partial charge on any atom is -0.393 e.